The van der Waals surface area contributed by atoms with Crippen molar-refractivity contribution in [3.8, 4) is 0 Å². The molecule has 0 fully saturated rings. The molecule has 0 radical (unpaired) electrons. The third kappa shape index (κ3) is 6.18. The number of amides is 2. The van der Waals surface area contributed by atoms with E-state index < -0.39 is 0 Å². The zero-order valence-electron chi connectivity index (χ0n) is 18.2. The number of carbonyl (C=O) groups is 2. The molecule has 8 heteroatoms. The van der Waals surface area contributed by atoms with Crippen molar-refractivity contribution in [2.75, 3.05) is 11.1 Å². The van der Waals surface area contributed by atoms with Crippen LogP contribution in [-0.4, -0.2) is 32.3 Å². The first-order chi connectivity index (χ1) is 14.9. The number of anilines is 1. The fraction of sp³-hybridized carbons (Fsp3) is 0.304. The second kappa shape index (κ2) is 10.3. The summed E-state index contributed by atoms with van der Waals surface area (Å²) in [6.07, 6.45) is 0. The molecule has 0 spiro atoms. The van der Waals surface area contributed by atoms with Crippen LogP contribution in [0.4, 0.5) is 5.69 Å². The van der Waals surface area contributed by atoms with Gasteiger partial charge >= 0.3 is 0 Å². The fourth-order valence-electron chi connectivity index (χ4n) is 3.21. The Morgan fingerprint density at radius 1 is 0.968 bits per heavy atom. The van der Waals surface area contributed by atoms with Crippen LogP contribution >= 0.6 is 11.8 Å². The van der Waals surface area contributed by atoms with E-state index in [9.17, 15) is 9.59 Å². The Hall–Kier alpha value is -3.13. The number of benzene rings is 2. The number of hydrogen-bond acceptors (Lipinski definition) is 5. The van der Waals surface area contributed by atoms with E-state index >= 15 is 0 Å². The molecule has 1 heterocycles. The zero-order chi connectivity index (χ0) is 22.4. The lowest BCUT2D eigenvalue weighted by molar-refractivity contribution is -0.113. The summed E-state index contributed by atoms with van der Waals surface area (Å²) in [4.78, 5) is 24.7. The molecule has 2 amide bonds. The molecule has 0 atom stereocenters. The molecule has 2 N–H and O–H groups in total. The van der Waals surface area contributed by atoms with E-state index in [4.69, 9.17) is 0 Å². The molecule has 1 aromatic heterocycles. The first-order valence-corrected chi connectivity index (χ1v) is 11.1. The molecule has 0 unspecified atom stereocenters. The Morgan fingerprint density at radius 2 is 1.65 bits per heavy atom. The summed E-state index contributed by atoms with van der Waals surface area (Å²) in [6, 6.07) is 13.4. The summed E-state index contributed by atoms with van der Waals surface area (Å²) in [6.45, 7) is 8.87. The normalized spacial score (nSPS) is 10.7. The number of rotatable bonds is 8. The van der Waals surface area contributed by atoms with Crippen LogP contribution in [0.3, 0.4) is 0 Å². The molecular formula is C23H27N5O2S. The molecule has 3 rings (SSSR count). The predicted molar refractivity (Wildman–Crippen MR) is 123 cm³/mol. The maximum Gasteiger partial charge on any atom is 0.251 e. The molecule has 0 aliphatic carbocycles. The molecule has 162 valence electrons. The number of hydrogen-bond donors (Lipinski definition) is 2. The quantitative estimate of drug-likeness (QED) is 0.522. The Balaban J connectivity index is 1.57. The minimum absolute atomic E-state index is 0.102. The monoisotopic (exact) mass is 437 g/mol. The van der Waals surface area contributed by atoms with Gasteiger partial charge in [0.05, 0.1) is 12.3 Å². The number of nitrogens with zero attached hydrogens (tertiary/aromatic N) is 3. The van der Waals surface area contributed by atoms with Gasteiger partial charge in [-0.2, -0.15) is 0 Å². The van der Waals surface area contributed by atoms with Crippen molar-refractivity contribution < 1.29 is 9.59 Å². The molecule has 0 aliphatic heterocycles. The number of carbonyl (C=O) groups excluding carboxylic acids is 2. The summed E-state index contributed by atoms with van der Waals surface area (Å²) >= 11 is 1.33. The van der Waals surface area contributed by atoms with Crippen LogP contribution in [0.25, 0.3) is 0 Å². The largest absolute Gasteiger partial charge is 0.345 e. The van der Waals surface area contributed by atoms with Gasteiger partial charge in [-0.3, -0.25) is 9.59 Å². The molecule has 7 nitrogen and oxygen atoms in total. The van der Waals surface area contributed by atoms with Gasteiger partial charge in [-0.05, 0) is 63.1 Å². The van der Waals surface area contributed by atoms with E-state index in [2.05, 4.69) is 26.9 Å². The highest BCUT2D eigenvalue weighted by molar-refractivity contribution is 7.99. The summed E-state index contributed by atoms with van der Waals surface area (Å²) in [5.41, 5.74) is 4.70. The Kier molecular flexibility index (Phi) is 7.46. The van der Waals surface area contributed by atoms with Crippen LogP contribution in [0.5, 0.6) is 0 Å². The van der Waals surface area contributed by atoms with Gasteiger partial charge in [0.1, 0.15) is 0 Å². The summed E-state index contributed by atoms with van der Waals surface area (Å²) in [5.74, 6) is 0.614. The second-order valence-corrected chi connectivity index (χ2v) is 8.35. The summed E-state index contributed by atoms with van der Waals surface area (Å²) < 4.78 is 1.91. The van der Waals surface area contributed by atoms with Gasteiger partial charge in [0.25, 0.3) is 5.91 Å². The van der Waals surface area contributed by atoms with E-state index in [1.165, 1.54) is 11.8 Å². The van der Waals surface area contributed by atoms with E-state index in [1.807, 2.05) is 56.5 Å². The van der Waals surface area contributed by atoms with Crippen molar-refractivity contribution in [1.29, 1.82) is 0 Å². The molecule has 0 saturated heterocycles. The van der Waals surface area contributed by atoms with Crippen LogP contribution in [-0.2, 0) is 17.9 Å². The van der Waals surface area contributed by atoms with Crippen molar-refractivity contribution in [1.82, 2.24) is 20.1 Å². The third-order valence-electron chi connectivity index (χ3n) is 4.67. The summed E-state index contributed by atoms with van der Waals surface area (Å²) in [7, 11) is 0. The van der Waals surface area contributed by atoms with Gasteiger partial charge < -0.3 is 15.2 Å². The third-order valence-corrected chi connectivity index (χ3v) is 5.64. The fourth-order valence-corrected chi connectivity index (χ4v) is 4.04. The van der Waals surface area contributed by atoms with Gasteiger partial charge in [0.15, 0.2) is 11.0 Å². The first-order valence-electron chi connectivity index (χ1n) is 10.1. The molecule has 0 saturated carbocycles. The van der Waals surface area contributed by atoms with Crippen molar-refractivity contribution in [3.63, 3.8) is 0 Å². The van der Waals surface area contributed by atoms with Gasteiger partial charge in [-0.25, -0.2) is 0 Å². The standard InChI is InChI=1S/C23H27N5O2S/c1-5-28-20(13-24-22(30)18-8-6-15(2)7-9-18)26-27-23(28)31-14-21(29)25-19-11-16(3)10-17(4)12-19/h6-12H,5,13-14H2,1-4H3,(H,24,30)(H,25,29). The molecule has 2 aromatic carbocycles. The first kappa shape index (κ1) is 22.6. The summed E-state index contributed by atoms with van der Waals surface area (Å²) in [5, 5.41) is 14.9. The molecule has 31 heavy (non-hydrogen) atoms. The number of thioether (sulfide) groups is 1. The molecule has 3 aromatic rings. The van der Waals surface area contributed by atoms with Gasteiger partial charge in [-0.15, -0.1) is 10.2 Å². The lowest BCUT2D eigenvalue weighted by Gasteiger charge is -2.09. The lowest BCUT2D eigenvalue weighted by Crippen LogP contribution is -2.24. The molecular weight excluding hydrogens is 410 g/mol. The number of nitrogens with one attached hydrogen (secondary N) is 2. The van der Waals surface area contributed by atoms with Crippen LogP contribution in [0.15, 0.2) is 47.6 Å². The van der Waals surface area contributed by atoms with Crippen LogP contribution in [0.1, 0.15) is 39.8 Å². The van der Waals surface area contributed by atoms with Crippen molar-refractivity contribution in [3.05, 3.63) is 70.5 Å². The van der Waals surface area contributed by atoms with Crippen molar-refractivity contribution in [2.24, 2.45) is 0 Å². The van der Waals surface area contributed by atoms with Crippen LogP contribution < -0.4 is 10.6 Å². The number of aromatic nitrogens is 3. The highest BCUT2D eigenvalue weighted by atomic mass is 32.2. The van der Waals surface area contributed by atoms with Crippen LogP contribution in [0.2, 0.25) is 0 Å². The lowest BCUT2D eigenvalue weighted by atomic mass is 10.1. The molecule has 0 bridgehead atoms. The Morgan fingerprint density at radius 3 is 2.29 bits per heavy atom. The SMILES string of the molecule is CCn1c(CNC(=O)c2ccc(C)cc2)nnc1SCC(=O)Nc1cc(C)cc(C)c1. The minimum Gasteiger partial charge on any atom is -0.345 e. The zero-order valence-corrected chi connectivity index (χ0v) is 19.0. The van der Waals surface area contributed by atoms with Gasteiger partial charge in [0, 0.05) is 17.8 Å². The Bertz CT molecular complexity index is 1060. The average Bonchev–Trinajstić information content (AvgIpc) is 3.12. The smallest absolute Gasteiger partial charge is 0.251 e. The second-order valence-electron chi connectivity index (χ2n) is 7.41. The topological polar surface area (TPSA) is 88.9 Å². The van der Waals surface area contributed by atoms with Crippen molar-refractivity contribution in [2.45, 2.75) is 45.9 Å². The van der Waals surface area contributed by atoms with Crippen molar-refractivity contribution >= 4 is 29.3 Å². The highest BCUT2D eigenvalue weighted by Crippen LogP contribution is 2.19. The molecule has 0 aliphatic rings. The highest BCUT2D eigenvalue weighted by Gasteiger charge is 2.15. The van der Waals surface area contributed by atoms with Gasteiger partial charge in [0.2, 0.25) is 5.91 Å². The number of aryl methyl sites for hydroxylation is 3. The Labute approximate surface area is 186 Å². The maximum atomic E-state index is 12.4. The van der Waals surface area contributed by atoms with Gasteiger partial charge in [-0.1, -0.05) is 35.5 Å². The van der Waals surface area contributed by atoms with E-state index in [1.54, 1.807) is 12.1 Å². The predicted octanol–water partition coefficient (Wildman–Crippen LogP) is 3.88. The average molecular weight is 438 g/mol. The van der Waals surface area contributed by atoms with E-state index in [0.717, 1.165) is 22.4 Å². The van der Waals surface area contributed by atoms with E-state index in [0.29, 0.717) is 23.1 Å². The van der Waals surface area contributed by atoms with Crippen LogP contribution in [0, 0.1) is 20.8 Å². The minimum atomic E-state index is -0.160. The van der Waals surface area contributed by atoms with E-state index in [-0.39, 0.29) is 24.1 Å². The maximum absolute atomic E-state index is 12.4.